The second kappa shape index (κ2) is 6.63. The Morgan fingerprint density at radius 3 is 2.71 bits per heavy atom. The van der Waals surface area contributed by atoms with Crippen molar-refractivity contribution in [3.05, 3.63) is 36.1 Å². The van der Waals surface area contributed by atoms with Gasteiger partial charge in [0.25, 0.3) is 0 Å². The number of furan rings is 1. The summed E-state index contributed by atoms with van der Waals surface area (Å²) in [7, 11) is 0. The van der Waals surface area contributed by atoms with Crippen molar-refractivity contribution in [2.24, 2.45) is 5.73 Å². The number of hydrogen-bond donors (Lipinski definition) is 1. The molecular formula is C18H26N2O. The van der Waals surface area contributed by atoms with E-state index in [0.29, 0.717) is 6.04 Å². The van der Waals surface area contributed by atoms with Gasteiger partial charge in [-0.25, -0.2) is 0 Å². The summed E-state index contributed by atoms with van der Waals surface area (Å²) >= 11 is 0. The summed E-state index contributed by atoms with van der Waals surface area (Å²) in [5, 5.41) is 1.14. The number of nitrogens with zero attached hydrogens (tertiary/aromatic N) is 1. The molecule has 1 aliphatic carbocycles. The van der Waals surface area contributed by atoms with Crippen LogP contribution in [0.1, 0.15) is 50.8 Å². The molecular weight excluding hydrogens is 260 g/mol. The van der Waals surface area contributed by atoms with Gasteiger partial charge in [0.05, 0.1) is 6.04 Å². The number of para-hydroxylation sites is 1. The maximum absolute atomic E-state index is 6.41. The Hall–Kier alpha value is -1.32. The van der Waals surface area contributed by atoms with Gasteiger partial charge in [-0.2, -0.15) is 0 Å². The highest BCUT2D eigenvalue weighted by atomic mass is 16.3. The van der Waals surface area contributed by atoms with E-state index in [2.05, 4.69) is 24.0 Å². The van der Waals surface area contributed by atoms with Crippen LogP contribution in [-0.4, -0.2) is 24.0 Å². The van der Waals surface area contributed by atoms with E-state index in [-0.39, 0.29) is 6.04 Å². The first-order chi connectivity index (χ1) is 10.3. The third-order valence-corrected chi connectivity index (χ3v) is 4.74. The van der Waals surface area contributed by atoms with Gasteiger partial charge in [-0.15, -0.1) is 0 Å². The standard InChI is InChI=1S/C18H26N2O/c1-2-20(15-9-4-3-5-10-15)13-16(19)18-12-14-8-6-7-11-17(14)21-18/h6-8,11-12,15-16H,2-5,9-10,13,19H2,1H3. The molecule has 3 heteroatoms. The lowest BCUT2D eigenvalue weighted by molar-refractivity contribution is 0.151. The van der Waals surface area contributed by atoms with Gasteiger partial charge in [0.15, 0.2) is 0 Å². The number of hydrogen-bond acceptors (Lipinski definition) is 3. The molecule has 114 valence electrons. The SMILES string of the molecule is CCN(CC(N)c1cc2ccccc2o1)C1CCCCC1. The zero-order valence-corrected chi connectivity index (χ0v) is 12.9. The minimum Gasteiger partial charge on any atom is -0.459 e. The van der Waals surface area contributed by atoms with Crippen LogP contribution in [0.4, 0.5) is 0 Å². The first-order valence-corrected chi connectivity index (χ1v) is 8.26. The van der Waals surface area contributed by atoms with Gasteiger partial charge < -0.3 is 10.2 Å². The molecule has 0 amide bonds. The Morgan fingerprint density at radius 2 is 2.00 bits per heavy atom. The van der Waals surface area contributed by atoms with Crippen molar-refractivity contribution in [1.82, 2.24) is 4.90 Å². The number of rotatable bonds is 5. The van der Waals surface area contributed by atoms with Crippen LogP contribution in [0.5, 0.6) is 0 Å². The molecule has 0 aliphatic heterocycles. The van der Waals surface area contributed by atoms with Crippen LogP contribution in [0, 0.1) is 0 Å². The van der Waals surface area contributed by atoms with Crippen LogP contribution in [0.2, 0.25) is 0 Å². The third kappa shape index (κ3) is 3.30. The van der Waals surface area contributed by atoms with Crippen LogP contribution in [0.25, 0.3) is 11.0 Å². The quantitative estimate of drug-likeness (QED) is 0.900. The van der Waals surface area contributed by atoms with Crippen molar-refractivity contribution in [3.63, 3.8) is 0 Å². The largest absolute Gasteiger partial charge is 0.459 e. The Bertz CT molecular complexity index is 538. The molecule has 2 N–H and O–H groups in total. The number of fused-ring (bicyclic) bond motifs is 1. The van der Waals surface area contributed by atoms with Crippen molar-refractivity contribution in [2.45, 2.75) is 51.1 Å². The van der Waals surface area contributed by atoms with Crippen molar-refractivity contribution < 1.29 is 4.42 Å². The molecule has 21 heavy (non-hydrogen) atoms. The molecule has 0 radical (unpaired) electrons. The average molecular weight is 286 g/mol. The van der Waals surface area contributed by atoms with Gasteiger partial charge >= 0.3 is 0 Å². The second-order valence-corrected chi connectivity index (χ2v) is 6.17. The smallest absolute Gasteiger partial charge is 0.134 e. The average Bonchev–Trinajstić information content (AvgIpc) is 2.97. The summed E-state index contributed by atoms with van der Waals surface area (Å²) in [4.78, 5) is 2.54. The van der Waals surface area contributed by atoms with Gasteiger partial charge in [0.1, 0.15) is 11.3 Å². The molecule has 1 atom stereocenters. The molecule has 0 saturated heterocycles. The van der Waals surface area contributed by atoms with Crippen LogP contribution < -0.4 is 5.73 Å². The molecule has 1 saturated carbocycles. The fourth-order valence-electron chi connectivity index (χ4n) is 3.51. The van der Waals surface area contributed by atoms with E-state index in [9.17, 15) is 0 Å². The first kappa shape index (κ1) is 14.6. The molecule has 1 fully saturated rings. The predicted octanol–water partition coefficient (Wildman–Crippen LogP) is 4.09. The number of nitrogens with two attached hydrogens (primary N) is 1. The molecule has 2 aromatic rings. The normalized spacial score (nSPS) is 18.4. The fraction of sp³-hybridized carbons (Fsp3) is 0.556. The Labute approximate surface area is 127 Å². The zero-order chi connectivity index (χ0) is 14.7. The maximum atomic E-state index is 6.41. The van der Waals surface area contributed by atoms with Crippen molar-refractivity contribution in [3.8, 4) is 0 Å². The highest BCUT2D eigenvalue weighted by Gasteiger charge is 2.23. The molecule has 1 aliphatic rings. The summed E-state index contributed by atoms with van der Waals surface area (Å²) < 4.78 is 5.91. The van der Waals surface area contributed by atoms with Crippen LogP contribution in [-0.2, 0) is 0 Å². The Balaban J connectivity index is 1.69. The first-order valence-electron chi connectivity index (χ1n) is 8.26. The lowest BCUT2D eigenvalue weighted by atomic mass is 9.94. The van der Waals surface area contributed by atoms with Crippen molar-refractivity contribution >= 4 is 11.0 Å². The van der Waals surface area contributed by atoms with E-state index in [1.165, 1.54) is 32.1 Å². The van der Waals surface area contributed by atoms with E-state index in [1.807, 2.05) is 18.2 Å². The van der Waals surface area contributed by atoms with E-state index in [0.717, 1.165) is 29.8 Å². The van der Waals surface area contributed by atoms with Gasteiger partial charge in [-0.05, 0) is 31.5 Å². The highest BCUT2D eigenvalue weighted by Crippen LogP contribution is 2.26. The molecule has 1 aromatic carbocycles. The fourth-order valence-corrected chi connectivity index (χ4v) is 3.51. The van der Waals surface area contributed by atoms with Gasteiger partial charge in [-0.3, -0.25) is 4.90 Å². The van der Waals surface area contributed by atoms with Gasteiger partial charge in [0.2, 0.25) is 0 Å². The minimum atomic E-state index is -0.0423. The molecule has 1 aromatic heterocycles. The Morgan fingerprint density at radius 1 is 1.24 bits per heavy atom. The van der Waals surface area contributed by atoms with Crippen LogP contribution >= 0.6 is 0 Å². The lowest BCUT2D eigenvalue weighted by Crippen LogP contribution is -2.41. The molecule has 1 heterocycles. The van der Waals surface area contributed by atoms with Gasteiger partial charge in [0, 0.05) is 18.0 Å². The number of benzene rings is 1. The monoisotopic (exact) mass is 286 g/mol. The molecule has 0 spiro atoms. The van der Waals surface area contributed by atoms with E-state index in [1.54, 1.807) is 0 Å². The minimum absolute atomic E-state index is 0.0423. The maximum Gasteiger partial charge on any atom is 0.134 e. The van der Waals surface area contributed by atoms with E-state index < -0.39 is 0 Å². The predicted molar refractivity (Wildman–Crippen MR) is 87.3 cm³/mol. The zero-order valence-electron chi connectivity index (χ0n) is 12.9. The summed E-state index contributed by atoms with van der Waals surface area (Å²) in [6.07, 6.45) is 6.76. The summed E-state index contributed by atoms with van der Waals surface area (Å²) in [5.41, 5.74) is 7.34. The van der Waals surface area contributed by atoms with Crippen LogP contribution in [0.15, 0.2) is 34.7 Å². The van der Waals surface area contributed by atoms with Crippen LogP contribution in [0.3, 0.4) is 0 Å². The van der Waals surface area contributed by atoms with Gasteiger partial charge in [-0.1, -0.05) is 44.4 Å². The summed E-state index contributed by atoms with van der Waals surface area (Å²) in [6.45, 7) is 4.19. The third-order valence-electron chi connectivity index (χ3n) is 4.74. The van der Waals surface area contributed by atoms with Crippen molar-refractivity contribution in [2.75, 3.05) is 13.1 Å². The molecule has 0 bridgehead atoms. The van der Waals surface area contributed by atoms with E-state index >= 15 is 0 Å². The van der Waals surface area contributed by atoms with Crippen molar-refractivity contribution in [1.29, 1.82) is 0 Å². The second-order valence-electron chi connectivity index (χ2n) is 6.17. The summed E-state index contributed by atoms with van der Waals surface area (Å²) in [5.74, 6) is 0.908. The summed E-state index contributed by atoms with van der Waals surface area (Å²) in [6, 6.07) is 10.9. The van der Waals surface area contributed by atoms with E-state index in [4.69, 9.17) is 10.2 Å². The molecule has 3 rings (SSSR count). The number of likely N-dealkylation sites (N-methyl/N-ethyl adjacent to an activating group) is 1. The molecule has 3 nitrogen and oxygen atoms in total. The Kier molecular flexibility index (Phi) is 4.61. The molecule has 1 unspecified atom stereocenters. The lowest BCUT2D eigenvalue weighted by Gasteiger charge is -2.34. The highest BCUT2D eigenvalue weighted by molar-refractivity contribution is 5.77. The topological polar surface area (TPSA) is 42.4 Å².